The normalized spacial score (nSPS) is 19.5. The Labute approximate surface area is 151 Å². The van der Waals surface area contributed by atoms with Crippen LogP contribution in [0.15, 0.2) is 53.7 Å². The minimum Gasteiger partial charge on any atom is -0.396 e. The van der Waals surface area contributed by atoms with Gasteiger partial charge in [-0.15, -0.1) is 0 Å². The van der Waals surface area contributed by atoms with Crippen molar-refractivity contribution >= 4 is 23.0 Å². The van der Waals surface area contributed by atoms with Gasteiger partial charge in [-0.25, -0.2) is 0 Å². The van der Waals surface area contributed by atoms with Crippen molar-refractivity contribution in [2.24, 2.45) is 11.1 Å². The lowest BCUT2D eigenvalue weighted by atomic mass is 10.0. The largest absolute Gasteiger partial charge is 0.396 e. The molecule has 5 nitrogen and oxygen atoms in total. The second-order valence-electron chi connectivity index (χ2n) is 6.11. The third-order valence-electron chi connectivity index (χ3n) is 4.27. The van der Waals surface area contributed by atoms with E-state index in [0.29, 0.717) is 12.5 Å². The maximum absolute atomic E-state index is 10.8. The van der Waals surface area contributed by atoms with Gasteiger partial charge in [-0.2, -0.15) is 0 Å². The molecule has 3 rings (SSSR count). The van der Waals surface area contributed by atoms with Gasteiger partial charge in [0.25, 0.3) is 5.69 Å². The number of non-ortho nitro benzene ring substituents is 1. The Morgan fingerprint density at radius 3 is 2.52 bits per heavy atom. The zero-order chi connectivity index (χ0) is 17.8. The van der Waals surface area contributed by atoms with Gasteiger partial charge in [0.05, 0.1) is 10.6 Å². The number of nitrogens with zero attached hydrogens (tertiary/aromatic N) is 2. The smallest absolute Gasteiger partial charge is 0.269 e. The number of benzene rings is 2. The van der Waals surface area contributed by atoms with Crippen LogP contribution in [-0.2, 0) is 4.84 Å². The van der Waals surface area contributed by atoms with E-state index in [9.17, 15) is 10.1 Å². The lowest BCUT2D eigenvalue weighted by Gasteiger charge is -2.07. The van der Waals surface area contributed by atoms with Crippen molar-refractivity contribution in [2.45, 2.75) is 25.7 Å². The first-order valence-corrected chi connectivity index (χ1v) is 8.68. The van der Waals surface area contributed by atoms with E-state index in [1.807, 2.05) is 31.2 Å². The van der Waals surface area contributed by atoms with Gasteiger partial charge < -0.3 is 4.84 Å². The number of hydrogen-bond donors (Lipinski definition) is 0. The lowest BCUT2D eigenvalue weighted by molar-refractivity contribution is -0.384. The zero-order valence-corrected chi connectivity index (χ0v) is 14.6. The third-order valence-corrected chi connectivity index (χ3v) is 4.52. The van der Waals surface area contributed by atoms with Crippen molar-refractivity contribution in [3.63, 3.8) is 0 Å². The van der Waals surface area contributed by atoms with Crippen molar-refractivity contribution < 1.29 is 9.76 Å². The van der Waals surface area contributed by atoms with E-state index in [0.717, 1.165) is 29.1 Å². The van der Waals surface area contributed by atoms with Gasteiger partial charge >= 0.3 is 0 Å². The van der Waals surface area contributed by atoms with Crippen LogP contribution >= 0.6 is 11.6 Å². The zero-order valence-electron chi connectivity index (χ0n) is 13.9. The molecule has 0 amide bonds. The average Bonchev–Trinajstić information content (AvgIpc) is 3.40. The summed E-state index contributed by atoms with van der Waals surface area (Å²) in [5, 5.41) is 15.9. The third kappa shape index (κ3) is 4.17. The molecule has 6 heteroatoms. The fourth-order valence-electron chi connectivity index (χ4n) is 2.87. The van der Waals surface area contributed by atoms with Crippen LogP contribution in [0.4, 0.5) is 5.69 Å². The molecule has 2 atom stereocenters. The molecule has 0 heterocycles. The first kappa shape index (κ1) is 17.4. The number of nitro groups is 1. The topological polar surface area (TPSA) is 64.7 Å². The van der Waals surface area contributed by atoms with E-state index in [1.165, 1.54) is 17.7 Å². The van der Waals surface area contributed by atoms with Crippen LogP contribution in [0.1, 0.15) is 36.8 Å². The SMILES string of the molecule is CCCON=C(c1ccc([N+](=O)[O-])cc1)C1CC1c1ccc(Cl)cc1. The Morgan fingerprint density at radius 1 is 1.24 bits per heavy atom. The fraction of sp³-hybridized carbons (Fsp3) is 0.316. The van der Waals surface area contributed by atoms with Crippen LogP contribution in [0, 0.1) is 16.0 Å². The van der Waals surface area contributed by atoms with Crippen LogP contribution in [-0.4, -0.2) is 17.2 Å². The summed E-state index contributed by atoms with van der Waals surface area (Å²) in [6.07, 6.45) is 1.86. The molecule has 0 aromatic heterocycles. The van der Waals surface area contributed by atoms with Crippen molar-refractivity contribution in [3.8, 4) is 0 Å². The molecule has 1 aliphatic carbocycles. The Kier molecular flexibility index (Phi) is 5.34. The number of rotatable bonds is 7. The molecule has 1 saturated carbocycles. The van der Waals surface area contributed by atoms with E-state index in [-0.39, 0.29) is 11.6 Å². The highest BCUT2D eigenvalue weighted by atomic mass is 35.5. The van der Waals surface area contributed by atoms with Gasteiger partial charge in [-0.05, 0) is 48.6 Å². The predicted octanol–water partition coefficient (Wildman–Crippen LogP) is 5.18. The van der Waals surface area contributed by atoms with Gasteiger partial charge in [0, 0.05) is 28.6 Å². The van der Waals surface area contributed by atoms with Gasteiger partial charge in [-0.3, -0.25) is 10.1 Å². The summed E-state index contributed by atoms with van der Waals surface area (Å²) < 4.78 is 0. The number of oxime groups is 1. The van der Waals surface area contributed by atoms with E-state index < -0.39 is 4.92 Å². The minimum absolute atomic E-state index is 0.0719. The van der Waals surface area contributed by atoms with Crippen molar-refractivity contribution in [1.29, 1.82) is 0 Å². The van der Waals surface area contributed by atoms with Crippen molar-refractivity contribution in [2.75, 3.05) is 6.61 Å². The van der Waals surface area contributed by atoms with E-state index in [1.54, 1.807) is 12.1 Å². The molecule has 130 valence electrons. The monoisotopic (exact) mass is 358 g/mol. The highest BCUT2D eigenvalue weighted by Crippen LogP contribution is 2.49. The molecule has 2 aromatic carbocycles. The number of halogens is 1. The highest BCUT2D eigenvalue weighted by molar-refractivity contribution is 6.30. The Morgan fingerprint density at radius 2 is 1.92 bits per heavy atom. The molecule has 0 spiro atoms. The second-order valence-corrected chi connectivity index (χ2v) is 6.55. The summed E-state index contributed by atoms with van der Waals surface area (Å²) in [7, 11) is 0. The first-order valence-electron chi connectivity index (χ1n) is 8.30. The Bertz CT molecular complexity index is 772. The second kappa shape index (κ2) is 7.66. The molecule has 0 saturated heterocycles. The van der Waals surface area contributed by atoms with Crippen LogP contribution in [0.3, 0.4) is 0 Å². The van der Waals surface area contributed by atoms with E-state index in [2.05, 4.69) is 5.16 Å². The molecule has 25 heavy (non-hydrogen) atoms. The quantitative estimate of drug-likeness (QED) is 0.296. The summed E-state index contributed by atoms with van der Waals surface area (Å²) in [4.78, 5) is 15.9. The molecule has 0 aliphatic heterocycles. The summed E-state index contributed by atoms with van der Waals surface area (Å²) in [5.41, 5.74) is 3.01. The average molecular weight is 359 g/mol. The molecule has 1 aliphatic rings. The van der Waals surface area contributed by atoms with Gasteiger partial charge in [0.1, 0.15) is 6.61 Å². The standard InChI is InChI=1S/C19H19ClN2O3/c1-2-11-25-21-19(14-5-9-16(10-6-14)22(23)24)18-12-17(18)13-3-7-15(20)8-4-13/h3-10,17-18H,2,11-12H2,1H3. The fourth-order valence-corrected chi connectivity index (χ4v) is 3.00. The highest BCUT2D eigenvalue weighted by Gasteiger charge is 2.43. The lowest BCUT2D eigenvalue weighted by Crippen LogP contribution is -2.07. The van der Waals surface area contributed by atoms with Gasteiger partial charge in [0.15, 0.2) is 0 Å². The van der Waals surface area contributed by atoms with Gasteiger partial charge in [0.2, 0.25) is 0 Å². The van der Waals surface area contributed by atoms with Crippen LogP contribution in [0.2, 0.25) is 5.02 Å². The van der Waals surface area contributed by atoms with Gasteiger partial charge in [-0.1, -0.05) is 35.8 Å². The maximum atomic E-state index is 10.8. The van der Waals surface area contributed by atoms with Crippen LogP contribution in [0.5, 0.6) is 0 Å². The Hall–Kier alpha value is -2.40. The Balaban J connectivity index is 1.82. The van der Waals surface area contributed by atoms with E-state index in [4.69, 9.17) is 16.4 Å². The number of hydrogen-bond acceptors (Lipinski definition) is 4. The summed E-state index contributed by atoms with van der Waals surface area (Å²) in [5.74, 6) is 0.621. The summed E-state index contributed by atoms with van der Waals surface area (Å²) >= 11 is 5.96. The maximum Gasteiger partial charge on any atom is 0.269 e. The van der Waals surface area contributed by atoms with Crippen molar-refractivity contribution in [1.82, 2.24) is 0 Å². The molecular weight excluding hydrogens is 340 g/mol. The minimum atomic E-state index is -0.401. The number of nitro benzene ring substituents is 1. The molecule has 0 radical (unpaired) electrons. The predicted molar refractivity (Wildman–Crippen MR) is 98.2 cm³/mol. The first-order chi connectivity index (χ1) is 12.1. The van der Waals surface area contributed by atoms with Crippen LogP contribution in [0.25, 0.3) is 0 Å². The van der Waals surface area contributed by atoms with Crippen molar-refractivity contribution in [3.05, 3.63) is 74.8 Å². The molecule has 2 unspecified atom stereocenters. The molecule has 0 N–H and O–H groups in total. The van der Waals surface area contributed by atoms with Crippen LogP contribution < -0.4 is 0 Å². The molecule has 0 bridgehead atoms. The summed E-state index contributed by atoms with van der Waals surface area (Å²) in [6.45, 7) is 2.57. The molecule has 2 aromatic rings. The van der Waals surface area contributed by atoms with E-state index >= 15 is 0 Å². The molecular formula is C19H19ClN2O3. The molecule has 1 fully saturated rings. The summed E-state index contributed by atoms with van der Waals surface area (Å²) in [6, 6.07) is 14.3.